The molecule has 1 amide bonds. The summed E-state index contributed by atoms with van der Waals surface area (Å²) in [5.41, 5.74) is 1.72. The summed E-state index contributed by atoms with van der Waals surface area (Å²) in [7, 11) is 0. The first-order valence-corrected chi connectivity index (χ1v) is 7.31. The van der Waals surface area contributed by atoms with E-state index in [2.05, 4.69) is 5.32 Å². The van der Waals surface area contributed by atoms with E-state index in [-0.39, 0.29) is 24.7 Å². The van der Waals surface area contributed by atoms with E-state index in [9.17, 15) is 14.0 Å². The van der Waals surface area contributed by atoms with Crippen molar-refractivity contribution in [1.82, 2.24) is 5.32 Å². The third-order valence-corrected chi connectivity index (χ3v) is 3.18. The van der Waals surface area contributed by atoms with Gasteiger partial charge in [0.15, 0.2) is 0 Å². The summed E-state index contributed by atoms with van der Waals surface area (Å²) in [6.07, 6.45) is 0.595. The molecule has 0 spiro atoms. The molecule has 0 bridgehead atoms. The standard InChI is InChI=1S/C18H18FNO3/c1-13-4-2-7-16(10-13)23-18(22)12-20-17(21)9-8-14-5-3-6-15(19)11-14/h2-7,10-11H,8-9,12H2,1H3,(H,20,21). The van der Waals surface area contributed by atoms with Gasteiger partial charge in [-0.1, -0.05) is 24.3 Å². The summed E-state index contributed by atoms with van der Waals surface area (Å²) in [4.78, 5) is 23.4. The van der Waals surface area contributed by atoms with Crippen LogP contribution in [0.1, 0.15) is 17.5 Å². The predicted octanol–water partition coefficient (Wildman–Crippen LogP) is 2.79. The van der Waals surface area contributed by atoms with E-state index in [0.29, 0.717) is 12.2 Å². The number of carbonyl (C=O) groups is 2. The van der Waals surface area contributed by atoms with Gasteiger partial charge in [0.25, 0.3) is 0 Å². The summed E-state index contributed by atoms with van der Waals surface area (Å²) in [6, 6.07) is 13.2. The maximum Gasteiger partial charge on any atom is 0.330 e. The maximum atomic E-state index is 13.0. The van der Waals surface area contributed by atoms with Gasteiger partial charge >= 0.3 is 5.97 Å². The van der Waals surface area contributed by atoms with Crippen LogP contribution in [-0.4, -0.2) is 18.4 Å². The van der Waals surface area contributed by atoms with Crippen LogP contribution in [0.2, 0.25) is 0 Å². The van der Waals surface area contributed by atoms with Crippen molar-refractivity contribution in [2.45, 2.75) is 19.8 Å². The zero-order valence-corrected chi connectivity index (χ0v) is 12.8. The molecule has 2 aromatic carbocycles. The van der Waals surface area contributed by atoms with Crippen molar-refractivity contribution in [1.29, 1.82) is 0 Å². The van der Waals surface area contributed by atoms with Crippen molar-refractivity contribution in [3.63, 3.8) is 0 Å². The van der Waals surface area contributed by atoms with Crippen molar-refractivity contribution in [2.24, 2.45) is 0 Å². The highest BCUT2D eigenvalue weighted by molar-refractivity contribution is 5.82. The van der Waals surface area contributed by atoms with E-state index in [1.165, 1.54) is 12.1 Å². The number of benzene rings is 2. The fourth-order valence-corrected chi connectivity index (χ4v) is 2.06. The molecule has 0 atom stereocenters. The Bertz CT molecular complexity index is 700. The number of halogens is 1. The number of carbonyl (C=O) groups excluding carboxylic acids is 2. The van der Waals surface area contributed by atoms with Gasteiger partial charge in [-0.3, -0.25) is 4.79 Å². The summed E-state index contributed by atoms with van der Waals surface area (Å²) in [5, 5.41) is 2.49. The zero-order valence-electron chi connectivity index (χ0n) is 12.8. The second kappa shape index (κ2) is 8.08. The highest BCUT2D eigenvalue weighted by Crippen LogP contribution is 2.12. The van der Waals surface area contributed by atoms with Crippen LogP contribution in [0.4, 0.5) is 4.39 Å². The Balaban J connectivity index is 1.72. The van der Waals surface area contributed by atoms with Gasteiger partial charge < -0.3 is 10.1 Å². The number of amides is 1. The molecule has 5 heteroatoms. The van der Waals surface area contributed by atoms with Crippen molar-refractivity contribution in [2.75, 3.05) is 6.54 Å². The first-order chi connectivity index (χ1) is 11.0. The third kappa shape index (κ3) is 5.90. The third-order valence-electron chi connectivity index (χ3n) is 3.18. The van der Waals surface area contributed by atoms with Gasteiger partial charge in [-0.05, 0) is 48.7 Å². The quantitative estimate of drug-likeness (QED) is 0.659. The van der Waals surface area contributed by atoms with Crippen molar-refractivity contribution in [3.8, 4) is 5.75 Å². The molecule has 0 aliphatic heterocycles. The molecular weight excluding hydrogens is 297 g/mol. The Hall–Kier alpha value is -2.69. The van der Waals surface area contributed by atoms with Gasteiger partial charge in [0.2, 0.25) is 5.91 Å². The molecule has 4 nitrogen and oxygen atoms in total. The van der Waals surface area contributed by atoms with E-state index >= 15 is 0 Å². The molecule has 0 heterocycles. The van der Waals surface area contributed by atoms with Crippen LogP contribution in [0.3, 0.4) is 0 Å². The molecule has 0 saturated carbocycles. The largest absolute Gasteiger partial charge is 0.425 e. The van der Waals surface area contributed by atoms with E-state index in [1.54, 1.807) is 30.3 Å². The van der Waals surface area contributed by atoms with E-state index in [0.717, 1.165) is 11.1 Å². The van der Waals surface area contributed by atoms with Gasteiger partial charge in [-0.25, -0.2) is 9.18 Å². The Morgan fingerprint density at radius 2 is 1.91 bits per heavy atom. The molecule has 0 unspecified atom stereocenters. The summed E-state index contributed by atoms with van der Waals surface area (Å²) in [5.74, 6) is -0.696. The minimum absolute atomic E-state index is 0.182. The van der Waals surface area contributed by atoms with Crippen LogP contribution in [0, 0.1) is 12.7 Å². The summed E-state index contributed by atoms with van der Waals surface area (Å²) in [6.45, 7) is 1.70. The van der Waals surface area contributed by atoms with Crippen LogP contribution in [0.15, 0.2) is 48.5 Å². The van der Waals surface area contributed by atoms with Crippen molar-refractivity contribution < 1.29 is 18.7 Å². The molecule has 0 aliphatic carbocycles. The summed E-state index contributed by atoms with van der Waals surface area (Å²) < 4.78 is 18.1. The van der Waals surface area contributed by atoms with Crippen molar-refractivity contribution in [3.05, 3.63) is 65.5 Å². The lowest BCUT2D eigenvalue weighted by molar-refractivity contribution is -0.135. The fourth-order valence-electron chi connectivity index (χ4n) is 2.06. The number of esters is 1. The molecule has 2 rings (SSSR count). The Labute approximate surface area is 134 Å². The molecule has 0 saturated heterocycles. The predicted molar refractivity (Wildman–Crippen MR) is 84.5 cm³/mol. The van der Waals surface area contributed by atoms with Gasteiger partial charge in [0, 0.05) is 6.42 Å². The lowest BCUT2D eigenvalue weighted by Gasteiger charge is -2.07. The van der Waals surface area contributed by atoms with Gasteiger partial charge in [0.05, 0.1) is 0 Å². The molecule has 0 aromatic heterocycles. The average molecular weight is 315 g/mol. The number of ether oxygens (including phenoxy) is 1. The Kier molecular flexibility index (Phi) is 5.86. The number of hydrogen-bond acceptors (Lipinski definition) is 3. The number of nitrogens with one attached hydrogen (secondary N) is 1. The van der Waals surface area contributed by atoms with Crippen LogP contribution in [0.5, 0.6) is 5.75 Å². The molecule has 0 fully saturated rings. The molecule has 2 aromatic rings. The second-order valence-corrected chi connectivity index (χ2v) is 5.20. The average Bonchev–Trinajstić information content (AvgIpc) is 2.51. The number of rotatable bonds is 6. The first kappa shape index (κ1) is 16.7. The van der Waals surface area contributed by atoms with Gasteiger partial charge in [-0.15, -0.1) is 0 Å². The van der Waals surface area contributed by atoms with Crippen LogP contribution < -0.4 is 10.1 Å². The minimum Gasteiger partial charge on any atom is -0.425 e. The maximum absolute atomic E-state index is 13.0. The molecule has 1 N–H and O–H groups in total. The van der Waals surface area contributed by atoms with Crippen LogP contribution >= 0.6 is 0 Å². The second-order valence-electron chi connectivity index (χ2n) is 5.20. The van der Waals surface area contributed by atoms with E-state index in [1.807, 2.05) is 13.0 Å². The monoisotopic (exact) mass is 315 g/mol. The topological polar surface area (TPSA) is 55.4 Å². The van der Waals surface area contributed by atoms with Crippen LogP contribution in [0.25, 0.3) is 0 Å². The smallest absolute Gasteiger partial charge is 0.330 e. The van der Waals surface area contributed by atoms with E-state index in [4.69, 9.17) is 4.74 Å². The first-order valence-electron chi connectivity index (χ1n) is 7.31. The molecule has 120 valence electrons. The Morgan fingerprint density at radius 3 is 2.65 bits per heavy atom. The van der Waals surface area contributed by atoms with Crippen LogP contribution in [-0.2, 0) is 16.0 Å². The number of hydrogen-bond donors (Lipinski definition) is 1. The SMILES string of the molecule is Cc1cccc(OC(=O)CNC(=O)CCc2cccc(F)c2)c1. The zero-order chi connectivity index (χ0) is 16.7. The molecule has 0 radical (unpaired) electrons. The minimum atomic E-state index is -0.533. The Morgan fingerprint density at radius 1 is 1.13 bits per heavy atom. The highest BCUT2D eigenvalue weighted by atomic mass is 19.1. The lowest BCUT2D eigenvalue weighted by Crippen LogP contribution is -2.32. The van der Waals surface area contributed by atoms with Crippen molar-refractivity contribution >= 4 is 11.9 Å². The van der Waals surface area contributed by atoms with Gasteiger partial charge in [-0.2, -0.15) is 0 Å². The normalized spacial score (nSPS) is 10.2. The number of aryl methyl sites for hydroxylation is 2. The summed E-state index contributed by atoms with van der Waals surface area (Å²) >= 11 is 0. The fraction of sp³-hybridized carbons (Fsp3) is 0.222. The van der Waals surface area contributed by atoms with Gasteiger partial charge in [0.1, 0.15) is 18.1 Å². The molecule has 23 heavy (non-hydrogen) atoms. The lowest BCUT2D eigenvalue weighted by atomic mass is 10.1. The molecular formula is C18H18FNO3. The van der Waals surface area contributed by atoms with E-state index < -0.39 is 5.97 Å². The highest BCUT2D eigenvalue weighted by Gasteiger charge is 2.08. The molecule has 0 aliphatic rings.